The Hall–Kier alpha value is -3.19. The summed E-state index contributed by atoms with van der Waals surface area (Å²) >= 11 is 0. The quantitative estimate of drug-likeness (QED) is 0.156. The van der Waals surface area contributed by atoms with E-state index < -0.39 is 30.9 Å². The van der Waals surface area contributed by atoms with Crippen LogP contribution in [0.1, 0.15) is 58.2 Å². The molecule has 1 aromatic heterocycles. The van der Waals surface area contributed by atoms with Crippen molar-refractivity contribution in [2.24, 2.45) is 5.92 Å². The van der Waals surface area contributed by atoms with Gasteiger partial charge in [0.2, 0.25) is 0 Å². The first-order chi connectivity index (χ1) is 19.8. The summed E-state index contributed by atoms with van der Waals surface area (Å²) in [5.41, 5.74) is 2.32. The normalized spacial score (nSPS) is 24.0. The van der Waals surface area contributed by atoms with Crippen LogP contribution in [0.25, 0.3) is 0 Å². The third-order valence-corrected chi connectivity index (χ3v) is 11.0. The van der Waals surface area contributed by atoms with Crippen LogP contribution in [0.3, 0.4) is 0 Å². The lowest BCUT2D eigenvalue weighted by molar-refractivity contribution is -0.385. The Labute approximate surface area is 248 Å². The second-order valence-corrected chi connectivity index (χ2v) is 16.3. The van der Waals surface area contributed by atoms with Crippen LogP contribution in [-0.2, 0) is 28.1 Å². The Morgan fingerprint density at radius 3 is 2.64 bits per heavy atom. The Morgan fingerprint density at radius 2 is 2.00 bits per heavy atom. The number of anilines is 1. The second kappa shape index (κ2) is 12.6. The molecule has 1 amide bonds. The van der Waals surface area contributed by atoms with Gasteiger partial charge in [-0.1, -0.05) is 35.4 Å². The van der Waals surface area contributed by atoms with Crippen molar-refractivity contribution in [1.82, 2.24) is 15.0 Å². The molecule has 228 valence electrons. The summed E-state index contributed by atoms with van der Waals surface area (Å²) < 4.78 is 8.45. The minimum Gasteiger partial charge on any atom is -0.432 e. The van der Waals surface area contributed by atoms with E-state index in [1.165, 1.54) is 17.7 Å². The summed E-state index contributed by atoms with van der Waals surface area (Å²) in [6.45, 7) is 12.5. The van der Waals surface area contributed by atoms with Crippen LogP contribution < -0.4 is 4.90 Å². The number of nitro benzene ring substituents is 1. The zero-order valence-electron chi connectivity index (χ0n) is 25.4. The maximum Gasteiger partial charge on any atom is 0.269 e. The number of aromatic nitrogens is 3. The highest BCUT2D eigenvalue weighted by atomic mass is 28.4. The van der Waals surface area contributed by atoms with Crippen LogP contribution in [0, 0.1) is 16.0 Å². The molecule has 2 aliphatic rings. The van der Waals surface area contributed by atoms with E-state index in [4.69, 9.17) is 4.74 Å². The highest BCUT2D eigenvalue weighted by Gasteiger charge is 2.66. The number of hydrogen-bond acceptors (Lipinski definition) is 8. The van der Waals surface area contributed by atoms with Gasteiger partial charge in [0.05, 0.1) is 22.4 Å². The summed E-state index contributed by atoms with van der Waals surface area (Å²) in [4.78, 5) is 38.9. The minimum absolute atomic E-state index is 0.0226. The molecule has 4 atom stereocenters. The van der Waals surface area contributed by atoms with Crippen LogP contribution in [0.5, 0.6) is 0 Å². The number of aryl methyl sites for hydroxylation is 1. The van der Waals surface area contributed by atoms with Gasteiger partial charge in [-0.15, -0.1) is 5.10 Å². The summed E-state index contributed by atoms with van der Waals surface area (Å²) in [6, 6.07) is 4.54. The van der Waals surface area contributed by atoms with Crippen molar-refractivity contribution < 1.29 is 24.4 Å². The third-order valence-electron chi connectivity index (χ3n) is 8.49. The summed E-state index contributed by atoms with van der Waals surface area (Å²) in [5, 5.41) is 29.2. The molecule has 4 rings (SSSR count). The van der Waals surface area contributed by atoms with Gasteiger partial charge in [-0.25, -0.2) is 0 Å². The Balaban J connectivity index is 1.69. The lowest BCUT2D eigenvalue weighted by Gasteiger charge is -2.32. The van der Waals surface area contributed by atoms with E-state index in [2.05, 4.69) is 30.2 Å². The number of non-ortho nitro benzene ring substituents is 1. The first kappa shape index (κ1) is 31.7. The van der Waals surface area contributed by atoms with Gasteiger partial charge in [0.15, 0.2) is 13.9 Å². The number of nitrogens with zero attached hydrogens (tertiary/aromatic N) is 5. The number of ether oxygens (including phenoxy) is 1. The highest BCUT2D eigenvalue weighted by molar-refractivity contribution is 6.71. The topological polar surface area (TPSA) is 144 Å². The van der Waals surface area contributed by atoms with Gasteiger partial charge < -0.3 is 19.5 Å². The predicted octanol–water partition coefficient (Wildman–Crippen LogP) is 4.65. The standard InChI is InChI=1S/C30H43N5O6Si/c1-20(2)8-7-9-21(3)12-16-34-26-11-10-24(35(38)39)18-25(26)30(29(34)37)22(4)28(42(5,6)40)27(41-30)13-15-33-19-23(14-17-36)31-32-33/h8,10-12,18-19,22,27-28,36,40H,7,9,13-17H2,1-6H3/b21-12+/t22-,27+,28-,30+/m1/s1. The average Bonchev–Trinajstić information content (AvgIpc) is 3.55. The number of aliphatic hydroxyl groups is 1. The lowest BCUT2D eigenvalue weighted by atomic mass is 9.82. The summed E-state index contributed by atoms with van der Waals surface area (Å²) in [6.07, 6.45) is 8.17. The molecule has 1 aromatic carbocycles. The molecule has 0 radical (unpaired) electrons. The van der Waals surface area contributed by atoms with Gasteiger partial charge in [0, 0.05) is 61.5 Å². The number of allylic oxidation sites excluding steroid dienone is 3. The van der Waals surface area contributed by atoms with E-state index in [9.17, 15) is 24.8 Å². The van der Waals surface area contributed by atoms with Gasteiger partial charge in [0.25, 0.3) is 11.6 Å². The lowest BCUT2D eigenvalue weighted by Crippen LogP contribution is -2.46. The van der Waals surface area contributed by atoms with Crippen LogP contribution in [0.4, 0.5) is 11.4 Å². The van der Waals surface area contributed by atoms with E-state index in [1.807, 2.05) is 33.0 Å². The van der Waals surface area contributed by atoms with E-state index >= 15 is 0 Å². The molecule has 12 heteroatoms. The highest BCUT2D eigenvalue weighted by Crippen LogP contribution is 2.60. The zero-order valence-corrected chi connectivity index (χ0v) is 26.4. The van der Waals surface area contributed by atoms with Gasteiger partial charge in [0.1, 0.15) is 0 Å². The third kappa shape index (κ3) is 6.26. The predicted molar refractivity (Wildman–Crippen MR) is 162 cm³/mol. The molecule has 3 heterocycles. The zero-order chi connectivity index (χ0) is 30.8. The average molecular weight is 598 g/mol. The molecule has 0 aliphatic carbocycles. The van der Waals surface area contributed by atoms with Crippen LogP contribution in [0.2, 0.25) is 18.6 Å². The van der Waals surface area contributed by atoms with Crippen molar-refractivity contribution >= 4 is 25.6 Å². The van der Waals surface area contributed by atoms with Gasteiger partial charge in [-0.2, -0.15) is 0 Å². The van der Waals surface area contributed by atoms with Crippen molar-refractivity contribution in [2.75, 3.05) is 18.1 Å². The van der Waals surface area contributed by atoms with Crippen molar-refractivity contribution in [3.63, 3.8) is 0 Å². The first-order valence-corrected chi connectivity index (χ1v) is 17.6. The fraction of sp³-hybridized carbons (Fsp3) is 0.567. The van der Waals surface area contributed by atoms with Gasteiger partial charge in [-0.3, -0.25) is 19.6 Å². The molecule has 1 saturated heterocycles. The Bertz CT molecular complexity index is 1380. The molecule has 1 spiro atoms. The molecule has 2 aromatic rings. The molecular formula is C30H43N5O6Si. The van der Waals surface area contributed by atoms with Crippen LogP contribution in [0.15, 0.2) is 47.7 Å². The van der Waals surface area contributed by atoms with Crippen LogP contribution in [-0.4, -0.2) is 63.3 Å². The number of fused-ring (bicyclic) bond motifs is 2. The van der Waals surface area contributed by atoms with E-state index in [0.29, 0.717) is 42.9 Å². The molecule has 42 heavy (non-hydrogen) atoms. The maximum atomic E-state index is 14.4. The summed E-state index contributed by atoms with van der Waals surface area (Å²) in [5.74, 6) is -0.675. The fourth-order valence-electron chi connectivity index (χ4n) is 6.50. The molecule has 2 N–H and O–H groups in total. The van der Waals surface area contributed by atoms with E-state index in [1.54, 1.807) is 21.8 Å². The number of nitro groups is 1. The Kier molecular flexibility index (Phi) is 9.51. The van der Waals surface area contributed by atoms with E-state index in [-0.39, 0.29) is 23.7 Å². The van der Waals surface area contributed by atoms with Crippen molar-refractivity contribution in [3.8, 4) is 0 Å². The Morgan fingerprint density at radius 1 is 1.26 bits per heavy atom. The van der Waals surface area contributed by atoms with Crippen molar-refractivity contribution in [1.29, 1.82) is 0 Å². The summed E-state index contributed by atoms with van der Waals surface area (Å²) in [7, 11) is -2.88. The molecule has 2 aliphatic heterocycles. The number of hydrogen-bond donors (Lipinski definition) is 2. The molecule has 11 nitrogen and oxygen atoms in total. The molecule has 0 bridgehead atoms. The molecule has 1 fully saturated rings. The molecular weight excluding hydrogens is 554 g/mol. The number of rotatable bonds is 12. The van der Waals surface area contributed by atoms with Crippen LogP contribution >= 0.6 is 0 Å². The number of aliphatic hydroxyl groups excluding tert-OH is 1. The number of benzene rings is 1. The van der Waals surface area contributed by atoms with Gasteiger partial charge in [-0.05, 0) is 59.2 Å². The SMILES string of the molecule is CC(C)=CCC/C(C)=C/CN1C(=O)[C@@]2(O[C@@H](CCn3cc(CCO)nn3)[C@H]([Si](C)(C)O)[C@H]2C)c2cc([N+](=O)[O-])ccc21. The minimum atomic E-state index is -2.88. The number of carbonyl (C=O) groups is 1. The second-order valence-electron chi connectivity index (χ2n) is 12.3. The van der Waals surface area contributed by atoms with Crippen molar-refractivity contribution in [2.45, 2.75) is 90.3 Å². The number of amides is 1. The van der Waals surface area contributed by atoms with Crippen molar-refractivity contribution in [3.05, 3.63) is 69.1 Å². The maximum absolute atomic E-state index is 14.4. The van der Waals surface area contributed by atoms with Gasteiger partial charge >= 0.3 is 0 Å². The fourth-order valence-corrected chi connectivity index (χ4v) is 9.11. The van der Waals surface area contributed by atoms with E-state index in [0.717, 1.165) is 18.4 Å². The smallest absolute Gasteiger partial charge is 0.269 e. The molecule has 0 unspecified atom stereocenters. The number of carbonyl (C=O) groups excluding carboxylic acids is 1. The molecule has 0 saturated carbocycles. The monoisotopic (exact) mass is 597 g/mol. The first-order valence-electron chi connectivity index (χ1n) is 14.6. The largest absolute Gasteiger partial charge is 0.432 e.